The number of carbonyl (C=O) groups excluding carboxylic acids is 1. The van der Waals surface area contributed by atoms with Crippen LogP contribution in [0.1, 0.15) is 38.2 Å². The van der Waals surface area contributed by atoms with E-state index < -0.39 is 0 Å². The molecule has 0 bridgehead atoms. The number of piperidine rings is 1. The maximum absolute atomic E-state index is 11.8. The van der Waals surface area contributed by atoms with Crippen LogP contribution in [0.2, 0.25) is 0 Å². The number of carbonyl (C=O) groups is 1. The van der Waals surface area contributed by atoms with E-state index >= 15 is 0 Å². The number of rotatable bonds is 6. The summed E-state index contributed by atoms with van der Waals surface area (Å²) in [5.41, 5.74) is 1.62. The second-order valence-corrected chi connectivity index (χ2v) is 6.93. The molecule has 0 aromatic carbocycles. The molecule has 2 fully saturated rings. The van der Waals surface area contributed by atoms with E-state index in [-0.39, 0.29) is 12.5 Å². The molecule has 2 heterocycles. The molecule has 1 saturated carbocycles. The number of likely N-dealkylation sites (tertiary alicyclic amines) is 1. The summed E-state index contributed by atoms with van der Waals surface area (Å²) in [6.45, 7) is 6.39. The minimum absolute atomic E-state index is 0.0194. The summed E-state index contributed by atoms with van der Waals surface area (Å²) in [5.74, 6) is 0.0194. The van der Waals surface area contributed by atoms with Crippen molar-refractivity contribution in [3.8, 4) is 0 Å². The topological polar surface area (TPSA) is 59.4 Å². The van der Waals surface area contributed by atoms with Crippen LogP contribution in [-0.2, 0) is 22.6 Å². The molecule has 6 nitrogen and oxygen atoms in total. The fraction of sp³-hybridized carbons (Fsp3) is 0.765. The van der Waals surface area contributed by atoms with Gasteiger partial charge in [-0.25, -0.2) is 0 Å². The van der Waals surface area contributed by atoms with Crippen LogP contribution in [0, 0.1) is 5.41 Å². The first kappa shape index (κ1) is 16.5. The fourth-order valence-electron chi connectivity index (χ4n) is 3.96. The summed E-state index contributed by atoms with van der Waals surface area (Å²) >= 11 is 0. The van der Waals surface area contributed by atoms with E-state index in [1.54, 1.807) is 7.11 Å². The van der Waals surface area contributed by atoms with Crippen molar-refractivity contribution in [3.63, 3.8) is 0 Å². The van der Waals surface area contributed by atoms with Gasteiger partial charge in [-0.3, -0.25) is 14.4 Å². The van der Waals surface area contributed by atoms with Gasteiger partial charge in [-0.15, -0.1) is 0 Å². The van der Waals surface area contributed by atoms with Gasteiger partial charge in [-0.2, -0.15) is 5.10 Å². The highest BCUT2D eigenvalue weighted by molar-refractivity contribution is 5.77. The summed E-state index contributed by atoms with van der Waals surface area (Å²) in [7, 11) is 1.56. The average molecular weight is 320 g/mol. The van der Waals surface area contributed by atoms with Gasteiger partial charge in [-0.1, -0.05) is 0 Å². The molecule has 1 aliphatic heterocycles. The van der Waals surface area contributed by atoms with E-state index in [9.17, 15) is 4.79 Å². The third-order valence-electron chi connectivity index (χ3n) is 5.55. The Bertz CT molecular complexity index is 534. The van der Waals surface area contributed by atoms with E-state index in [1.807, 2.05) is 10.9 Å². The molecule has 128 valence electrons. The Morgan fingerprint density at radius 1 is 1.43 bits per heavy atom. The Hall–Kier alpha value is -1.40. The molecule has 3 rings (SSSR count). The van der Waals surface area contributed by atoms with Gasteiger partial charge in [0, 0.05) is 38.0 Å². The van der Waals surface area contributed by atoms with Crippen LogP contribution < -0.4 is 5.32 Å². The van der Waals surface area contributed by atoms with Crippen molar-refractivity contribution >= 4 is 5.91 Å². The molecule has 23 heavy (non-hydrogen) atoms. The minimum atomic E-state index is 0.0194. The first-order valence-electron chi connectivity index (χ1n) is 8.67. The van der Waals surface area contributed by atoms with Gasteiger partial charge < -0.3 is 10.1 Å². The lowest BCUT2D eigenvalue weighted by Gasteiger charge is -2.54. The van der Waals surface area contributed by atoms with Gasteiger partial charge >= 0.3 is 0 Å². The summed E-state index contributed by atoms with van der Waals surface area (Å²) in [5, 5.41) is 7.51. The average Bonchev–Trinajstić information content (AvgIpc) is 3.00. The number of hydrogen-bond donors (Lipinski definition) is 1. The fourth-order valence-corrected chi connectivity index (χ4v) is 3.96. The van der Waals surface area contributed by atoms with Gasteiger partial charge in [0.1, 0.15) is 6.61 Å². The van der Waals surface area contributed by atoms with Crippen LogP contribution in [0.25, 0.3) is 0 Å². The van der Waals surface area contributed by atoms with Crippen LogP contribution in [0.4, 0.5) is 0 Å². The van der Waals surface area contributed by atoms with Gasteiger partial charge in [0.05, 0.1) is 6.20 Å². The maximum atomic E-state index is 11.8. The van der Waals surface area contributed by atoms with Crippen molar-refractivity contribution in [1.29, 1.82) is 0 Å². The van der Waals surface area contributed by atoms with Crippen LogP contribution in [-0.4, -0.2) is 53.4 Å². The van der Waals surface area contributed by atoms with Crippen molar-refractivity contribution in [2.24, 2.45) is 5.41 Å². The molecule has 1 unspecified atom stereocenters. The Morgan fingerprint density at radius 3 is 2.78 bits per heavy atom. The number of aryl methyl sites for hydroxylation is 1. The third-order valence-corrected chi connectivity index (χ3v) is 5.55. The smallest absolute Gasteiger partial charge is 0.246 e. The first-order chi connectivity index (χ1) is 11.1. The van der Waals surface area contributed by atoms with Crippen LogP contribution in [0.15, 0.2) is 12.4 Å². The molecule has 1 spiro atoms. The minimum Gasteiger partial charge on any atom is -0.375 e. The first-order valence-corrected chi connectivity index (χ1v) is 8.67. The van der Waals surface area contributed by atoms with Crippen LogP contribution in [0.5, 0.6) is 0 Å². The Morgan fingerprint density at radius 2 is 2.22 bits per heavy atom. The number of amides is 1. The van der Waals surface area contributed by atoms with E-state index in [0.717, 1.165) is 32.6 Å². The predicted octanol–water partition coefficient (Wildman–Crippen LogP) is 1.41. The van der Waals surface area contributed by atoms with E-state index in [1.165, 1.54) is 24.8 Å². The molecular formula is C17H28N4O2. The van der Waals surface area contributed by atoms with Crippen LogP contribution >= 0.6 is 0 Å². The van der Waals surface area contributed by atoms with Crippen molar-refractivity contribution in [3.05, 3.63) is 18.0 Å². The Balaban J connectivity index is 1.48. The van der Waals surface area contributed by atoms with E-state index in [4.69, 9.17) is 4.74 Å². The molecule has 1 saturated heterocycles. The summed E-state index contributed by atoms with van der Waals surface area (Å²) in [6, 6.07) is 0.343. The highest BCUT2D eigenvalue weighted by atomic mass is 16.5. The molecule has 1 N–H and O–H groups in total. The zero-order valence-corrected chi connectivity index (χ0v) is 14.3. The normalized spacial score (nSPS) is 23.7. The molecular weight excluding hydrogens is 292 g/mol. The Kier molecular flexibility index (Phi) is 5.02. The number of nitrogens with zero attached hydrogens (tertiary/aromatic N) is 3. The van der Waals surface area contributed by atoms with E-state index in [0.29, 0.717) is 11.5 Å². The highest BCUT2D eigenvalue weighted by Gasteiger charge is 2.48. The molecule has 1 atom stereocenters. The molecule has 6 heteroatoms. The van der Waals surface area contributed by atoms with Crippen LogP contribution in [0.3, 0.4) is 0 Å². The molecule has 1 amide bonds. The quantitative estimate of drug-likeness (QED) is 0.861. The number of methoxy groups -OCH3 is 1. The third kappa shape index (κ3) is 3.58. The van der Waals surface area contributed by atoms with Gasteiger partial charge in [0.2, 0.25) is 5.91 Å². The predicted molar refractivity (Wildman–Crippen MR) is 87.9 cm³/mol. The largest absolute Gasteiger partial charge is 0.375 e. The van der Waals surface area contributed by atoms with E-state index in [2.05, 4.69) is 28.4 Å². The standard InChI is InChI=1S/C17H28N4O2/c1-3-21-12-14(10-18-21)11-20-8-6-17(7-9-20)5-4-15(17)19-16(22)13-23-2/h10,12,15H,3-9,11,13H2,1-2H3,(H,19,22). The van der Waals surface area contributed by atoms with Gasteiger partial charge in [0.15, 0.2) is 0 Å². The molecule has 1 aromatic heterocycles. The lowest BCUT2D eigenvalue weighted by molar-refractivity contribution is -0.129. The molecule has 2 aliphatic rings. The second kappa shape index (κ2) is 7.01. The summed E-state index contributed by atoms with van der Waals surface area (Å²) in [6.07, 6.45) is 8.82. The zero-order valence-electron chi connectivity index (χ0n) is 14.3. The molecule has 1 aliphatic carbocycles. The monoisotopic (exact) mass is 320 g/mol. The number of ether oxygens (including phenoxy) is 1. The lowest BCUT2D eigenvalue weighted by atomic mass is 9.59. The number of aromatic nitrogens is 2. The zero-order chi connectivity index (χ0) is 16.3. The van der Waals surface area contributed by atoms with Gasteiger partial charge in [-0.05, 0) is 51.1 Å². The van der Waals surface area contributed by atoms with Crippen molar-refractivity contribution < 1.29 is 9.53 Å². The van der Waals surface area contributed by atoms with Crippen molar-refractivity contribution in [2.75, 3.05) is 26.8 Å². The van der Waals surface area contributed by atoms with Crippen molar-refractivity contribution in [1.82, 2.24) is 20.0 Å². The SMILES string of the molecule is CCn1cc(CN2CCC3(CCC3NC(=O)COC)CC2)cn1. The lowest BCUT2D eigenvalue weighted by Crippen LogP contribution is -2.59. The Labute approximate surface area is 138 Å². The summed E-state index contributed by atoms with van der Waals surface area (Å²) < 4.78 is 6.90. The number of hydrogen-bond acceptors (Lipinski definition) is 4. The van der Waals surface area contributed by atoms with Crippen molar-refractivity contribution in [2.45, 2.75) is 51.7 Å². The number of nitrogens with one attached hydrogen (secondary N) is 1. The summed E-state index contributed by atoms with van der Waals surface area (Å²) in [4.78, 5) is 14.3. The maximum Gasteiger partial charge on any atom is 0.246 e. The highest BCUT2D eigenvalue weighted by Crippen LogP contribution is 2.49. The van der Waals surface area contributed by atoms with Gasteiger partial charge in [0.25, 0.3) is 0 Å². The molecule has 0 radical (unpaired) electrons. The molecule has 1 aromatic rings. The second-order valence-electron chi connectivity index (χ2n) is 6.93.